The number of carbonyl (C=O) groups is 1. The number of hydrogen-bond acceptors (Lipinski definition) is 2. The van der Waals surface area contributed by atoms with Crippen LogP contribution < -0.4 is 0 Å². The molecular formula is C19H26BrN3O2. The molecule has 25 heavy (non-hydrogen) atoms. The van der Waals surface area contributed by atoms with Crippen LogP contribution in [0.15, 0.2) is 22.7 Å². The van der Waals surface area contributed by atoms with Crippen LogP contribution in [0.2, 0.25) is 0 Å². The van der Waals surface area contributed by atoms with Crippen LogP contribution in [0.25, 0.3) is 11.0 Å². The van der Waals surface area contributed by atoms with E-state index in [4.69, 9.17) is 10.1 Å². The van der Waals surface area contributed by atoms with Gasteiger partial charge in [0.15, 0.2) is 0 Å². The Bertz CT molecular complexity index is 771. The quantitative estimate of drug-likeness (QED) is 0.796. The van der Waals surface area contributed by atoms with Crippen LogP contribution in [0, 0.1) is 11.3 Å². The predicted octanol–water partition coefficient (Wildman–Crippen LogP) is 4.78. The number of aromatic nitrogens is 2. The third kappa shape index (κ3) is 4.35. The van der Waals surface area contributed by atoms with Crippen molar-refractivity contribution in [2.45, 2.75) is 46.6 Å². The van der Waals surface area contributed by atoms with Gasteiger partial charge in [0.25, 0.3) is 0 Å². The summed E-state index contributed by atoms with van der Waals surface area (Å²) in [7, 11) is 0. The molecule has 1 N–H and O–H groups in total. The highest BCUT2D eigenvalue weighted by Gasteiger charge is 2.25. The molecule has 2 heterocycles. The third-order valence-electron chi connectivity index (χ3n) is 4.80. The van der Waals surface area contributed by atoms with Gasteiger partial charge in [-0.3, -0.25) is 0 Å². The molecule has 1 aromatic heterocycles. The van der Waals surface area contributed by atoms with Gasteiger partial charge in [-0.15, -0.1) is 0 Å². The zero-order valence-corrected chi connectivity index (χ0v) is 16.7. The number of benzene rings is 1. The molecule has 1 aliphatic rings. The van der Waals surface area contributed by atoms with Crippen LogP contribution >= 0.6 is 15.9 Å². The lowest BCUT2D eigenvalue weighted by Gasteiger charge is -2.31. The minimum Gasteiger partial charge on any atom is -0.465 e. The van der Waals surface area contributed by atoms with Crippen LogP contribution in [-0.2, 0) is 13.0 Å². The van der Waals surface area contributed by atoms with Crippen molar-refractivity contribution in [2.75, 3.05) is 13.1 Å². The summed E-state index contributed by atoms with van der Waals surface area (Å²) in [4.78, 5) is 17.5. The topological polar surface area (TPSA) is 58.4 Å². The summed E-state index contributed by atoms with van der Waals surface area (Å²) in [6.45, 7) is 8.88. The highest BCUT2D eigenvalue weighted by molar-refractivity contribution is 9.10. The first-order valence-corrected chi connectivity index (χ1v) is 9.65. The Kier molecular flexibility index (Phi) is 5.09. The van der Waals surface area contributed by atoms with Crippen LogP contribution in [0.5, 0.6) is 0 Å². The maximum atomic E-state index is 11.1. The molecule has 0 radical (unpaired) electrons. The van der Waals surface area contributed by atoms with Gasteiger partial charge >= 0.3 is 6.09 Å². The largest absolute Gasteiger partial charge is 0.465 e. The van der Waals surface area contributed by atoms with Gasteiger partial charge in [-0.05, 0) is 42.4 Å². The standard InChI is InChI=1S/C19H26BrN3O2/c1-19(2,3)11-17-21-15-10-14(20)4-5-16(15)23(17)12-13-6-8-22(9-7-13)18(24)25/h4-5,10,13H,6-9,11-12H2,1-3H3,(H,24,25). The second-order valence-electron chi connectivity index (χ2n) is 8.22. The Morgan fingerprint density at radius 3 is 2.60 bits per heavy atom. The van der Waals surface area contributed by atoms with Crippen molar-refractivity contribution in [1.82, 2.24) is 14.5 Å². The van der Waals surface area contributed by atoms with Crippen molar-refractivity contribution in [3.8, 4) is 0 Å². The van der Waals surface area contributed by atoms with Crippen molar-refractivity contribution in [1.29, 1.82) is 0 Å². The van der Waals surface area contributed by atoms with Gasteiger partial charge in [-0.25, -0.2) is 9.78 Å². The minimum absolute atomic E-state index is 0.170. The van der Waals surface area contributed by atoms with Crippen LogP contribution in [0.3, 0.4) is 0 Å². The molecule has 6 heteroatoms. The lowest BCUT2D eigenvalue weighted by Crippen LogP contribution is -2.38. The van der Waals surface area contributed by atoms with Gasteiger partial charge in [-0.1, -0.05) is 36.7 Å². The molecule has 1 aromatic carbocycles. The summed E-state index contributed by atoms with van der Waals surface area (Å²) in [5, 5.41) is 9.13. The molecule has 2 aromatic rings. The molecule has 0 unspecified atom stereocenters. The highest BCUT2D eigenvalue weighted by Crippen LogP contribution is 2.28. The van der Waals surface area contributed by atoms with Crippen molar-refractivity contribution in [2.24, 2.45) is 11.3 Å². The summed E-state index contributed by atoms with van der Waals surface area (Å²) < 4.78 is 3.40. The molecule has 136 valence electrons. The Morgan fingerprint density at radius 1 is 1.32 bits per heavy atom. The molecule has 1 amide bonds. The summed E-state index contributed by atoms with van der Waals surface area (Å²) in [6, 6.07) is 6.27. The Hall–Kier alpha value is -1.56. The van der Waals surface area contributed by atoms with E-state index in [1.54, 1.807) is 0 Å². The zero-order chi connectivity index (χ0) is 18.2. The molecule has 1 aliphatic heterocycles. The maximum Gasteiger partial charge on any atom is 0.407 e. The van der Waals surface area contributed by atoms with E-state index in [9.17, 15) is 4.79 Å². The number of nitrogens with zero attached hydrogens (tertiary/aromatic N) is 3. The fraction of sp³-hybridized carbons (Fsp3) is 0.579. The molecule has 0 spiro atoms. The second-order valence-corrected chi connectivity index (χ2v) is 9.14. The number of piperidine rings is 1. The monoisotopic (exact) mass is 407 g/mol. The molecule has 3 rings (SSSR count). The van der Waals surface area contributed by atoms with E-state index in [0.29, 0.717) is 19.0 Å². The molecule has 1 fully saturated rings. The Balaban J connectivity index is 1.86. The van der Waals surface area contributed by atoms with Gasteiger partial charge in [0, 0.05) is 30.5 Å². The van der Waals surface area contributed by atoms with Crippen molar-refractivity contribution >= 4 is 33.1 Å². The van der Waals surface area contributed by atoms with Crippen molar-refractivity contribution < 1.29 is 9.90 Å². The average molecular weight is 408 g/mol. The number of halogens is 1. The third-order valence-corrected chi connectivity index (χ3v) is 5.30. The first-order chi connectivity index (χ1) is 11.7. The molecule has 1 saturated heterocycles. The molecule has 0 aliphatic carbocycles. The SMILES string of the molecule is CC(C)(C)Cc1nc2cc(Br)ccc2n1CC1CCN(C(=O)O)CC1. The fourth-order valence-electron chi connectivity index (χ4n) is 3.53. The summed E-state index contributed by atoms with van der Waals surface area (Å²) in [5.74, 6) is 1.62. The number of amides is 1. The van der Waals surface area contributed by atoms with Crippen LogP contribution in [0.4, 0.5) is 4.79 Å². The van der Waals surface area contributed by atoms with Crippen molar-refractivity contribution in [3.05, 3.63) is 28.5 Å². The van der Waals surface area contributed by atoms with E-state index in [-0.39, 0.29) is 5.41 Å². The molecule has 5 nitrogen and oxygen atoms in total. The lowest BCUT2D eigenvalue weighted by atomic mass is 9.91. The van der Waals surface area contributed by atoms with E-state index < -0.39 is 6.09 Å². The average Bonchev–Trinajstić information content (AvgIpc) is 2.82. The molecular weight excluding hydrogens is 382 g/mol. The number of likely N-dealkylation sites (tertiary alicyclic amines) is 1. The molecule has 0 saturated carbocycles. The van der Waals surface area contributed by atoms with E-state index in [2.05, 4.69) is 59.5 Å². The second kappa shape index (κ2) is 6.98. The van der Waals surface area contributed by atoms with Gasteiger partial charge in [-0.2, -0.15) is 0 Å². The number of hydrogen-bond donors (Lipinski definition) is 1. The number of rotatable bonds is 3. The van der Waals surface area contributed by atoms with E-state index in [1.165, 1.54) is 10.4 Å². The normalized spacial score (nSPS) is 16.6. The van der Waals surface area contributed by atoms with Gasteiger partial charge < -0.3 is 14.6 Å². The highest BCUT2D eigenvalue weighted by atomic mass is 79.9. The number of imidazole rings is 1. The fourth-order valence-corrected chi connectivity index (χ4v) is 3.88. The van der Waals surface area contributed by atoms with Crippen LogP contribution in [-0.4, -0.2) is 38.7 Å². The predicted molar refractivity (Wildman–Crippen MR) is 103 cm³/mol. The molecule has 0 bridgehead atoms. The van der Waals surface area contributed by atoms with Gasteiger partial charge in [0.2, 0.25) is 0 Å². The van der Waals surface area contributed by atoms with E-state index in [1.807, 2.05) is 0 Å². The lowest BCUT2D eigenvalue weighted by molar-refractivity contribution is 0.121. The van der Waals surface area contributed by atoms with E-state index in [0.717, 1.165) is 41.6 Å². The van der Waals surface area contributed by atoms with Crippen LogP contribution in [0.1, 0.15) is 39.4 Å². The summed E-state index contributed by atoms with van der Waals surface area (Å²) in [5.41, 5.74) is 2.36. The molecule has 0 atom stereocenters. The zero-order valence-electron chi connectivity index (χ0n) is 15.1. The number of carboxylic acid groups (broad SMARTS) is 1. The van der Waals surface area contributed by atoms with Gasteiger partial charge in [0.1, 0.15) is 5.82 Å². The van der Waals surface area contributed by atoms with E-state index >= 15 is 0 Å². The summed E-state index contributed by atoms with van der Waals surface area (Å²) in [6.07, 6.45) is 1.95. The Morgan fingerprint density at radius 2 is 2.00 bits per heavy atom. The number of fused-ring (bicyclic) bond motifs is 1. The summed E-state index contributed by atoms with van der Waals surface area (Å²) >= 11 is 3.54. The smallest absolute Gasteiger partial charge is 0.407 e. The first-order valence-electron chi connectivity index (χ1n) is 8.85. The van der Waals surface area contributed by atoms with Crippen molar-refractivity contribution in [3.63, 3.8) is 0 Å². The maximum absolute atomic E-state index is 11.1. The minimum atomic E-state index is -0.801. The Labute approximate surface area is 157 Å². The van der Waals surface area contributed by atoms with Gasteiger partial charge in [0.05, 0.1) is 11.0 Å². The first kappa shape index (κ1) is 18.2.